The Labute approximate surface area is 224 Å². The van der Waals surface area contributed by atoms with Gasteiger partial charge in [-0.25, -0.2) is 0 Å². The lowest BCUT2D eigenvalue weighted by Gasteiger charge is -2.16. The summed E-state index contributed by atoms with van der Waals surface area (Å²) in [6.07, 6.45) is 2.90. The molecule has 0 spiro atoms. The number of fused-ring (bicyclic) bond motifs is 1. The molecule has 1 amide bonds. The number of Topliss-reactive ketones (excluding diaryl/α,β-unsaturated/α-hetero) is 1. The number of rotatable bonds is 10. The van der Waals surface area contributed by atoms with Gasteiger partial charge in [-0.1, -0.05) is 35.9 Å². The highest BCUT2D eigenvalue weighted by Crippen LogP contribution is 2.51. The lowest BCUT2D eigenvalue weighted by Crippen LogP contribution is -2.27. The van der Waals surface area contributed by atoms with Crippen LogP contribution >= 0.6 is 11.6 Å². The number of hydrogen-bond acceptors (Lipinski definition) is 5. The topological polar surface area (TPSA) is 67.9 Å². The molecule has 1 N–H and O–H groups in total. The van der Waals surface area contributed by atoms with Crippen LogP contribution in [0, 0.1) is 0 Å². The van der Waals surface area contributed by atoms with Gasteiger partial charge in [0.1, 0.15) is 5.78 Å². The molecule has 0 atom stereocenters. The predicted octanol–water partition coefficient (Wildman–Crippen LogP) is 5.51. The smallest absolute Gasteiger partial charge is 0.251 e. The number of nitrogens with zero attached hydrogens (tertiary/aromatic N) is 1. The van der Waals surface area contributed by atoms with E-state index < -0.39 is 5.41 Å². The molecule has 1 heterocycles. The Balaban J connectivity index is 0.00000336. The highest BCUT2D eigenvalue weighted by molar-refractivity contribution is 6.33. The maximum Gasteiger partial charge on any atom is 0.251 e. The Bertz CT molecular complexity index is 1320. The Hall–Kier alpha value is -3.35. The van der Waals surface area contributed by atoms with Gasteiger partial charge < -0.3 is 19.7 Å². The van der Waals surface area contributed by atoms with E-state index in [2.05, 4.69) is 10.2 Å². The van der Waals surface area contributed by atoms with E-state index >= 15 is 0 Å². The average molecular weight is 521 g/mol. The molecule has 1 saturated carbocycles. The minimum absolute atomic E-state index is 0. The van der Waals surface area contributed by atoms with Gasteiger partial charge in [0.25, 0.3) is 5.91 Å². The standard InChI is InChI=1S/C30H31ClN2O4.H2/c1-33(2)15-3-14-32-29(35)22-7-5-21(6-8-22)24-16-20(4-10-25(24)31)17-28(34)30(12-13-30)23-9-11-26-27(18-23)37-19-36-26;/h4-11,16,18H,3,12-15,17,19H2,1-2H3,(H,32,35);1H. The molecule has 0 aromatic heterocycles. The second-order valence-corrected chi connectivity index (χ2v) is 10.5. The molecule has 6 nitrogen and oxygen atoms in total. The first-order valence-corrected chi connectivity index (χ1v) is 13.0. The quantitative estimate of drug-likeness (QED) is 0.357. The van der Waals surface area contributed by atoms with Gasteiger partial charge in [0.2, 0.25) is 6.79 Å². The number of ketones is 1. The number of carbonyl (C=O) groups excluding carboxylic acids is 2. The van der Waals surface area contributed by atoms with Crippen molar-refractivity contribution in [3.8, 4) is 22.6 Å². The van der Waals surface area contributed by atoms with Crippen molar-refractivity contribution in [2.45, 2.75) is 31.1 Å². The number of ether oxygens (including phenoxy) is 2. The number of halogens is 1. The summed E-state index contributed by atoms with van der Waals surface area (Å²) in [5, 5.41) is 3.56. The van der Waals surface area contributed by atoms with Crippen molar-refractivity contribution in [2.75, 3.05) is 34.0 Å². The summed E-state index contributed by atoms with van der Waals surface area (Å²) in [5.41, 5.74) is 3.81. The van der Waals surface area contributed by atoms with E-state index in [0.717, 1.165) is 53.8 Å². The zero-order chi connectivity index (χ0) is 26.0. The first kappa shape index (κ1) is 25.3. The zero-order valence-corrected chi connectivity index (χ0v) is 21.9. The van der Waals surface area contributed by atoms with Crippen LogP contribution in [0.4, 0.5) is 0 Å². The van der Waals surface area contributed by atoms with E-state index in [4.69, 9.17) is 21.1 Å². The number of benzene rings is 3. The van der Waals surface area contributed by atoms with Gasteiger partial charge >= 0.3 is 0 Å². The molecule has 3 aromatic carbocycles. The Morgan fingerprint density at radius 2 is 1.76 bits per heavy atom. The molecule has 37 heavy (non-hydrogen) atoms. The largest absolute Gasteiger partial charge is 0.454 e. The predicted molar refractivity (Wildman–Crippen MR) is 147 cm³/mol. The maximum atomic E-state index is 13.4. The third-order valence-corrected chi connectivity index (χ3v) is 7.46. The number of nitrogens with one attached hydrogen (secondary N) is 1. The molecule has 1 aliphatic heterocycles. The van der Waals surface area contributed by atoms with E-state index in [1.54, 1.807) is 0 Å². The van der Waals surface area contributed by atoms with Crippen molar-refractivity contribution in [3.05, 3.63) is 82.4 Å². The summed E-state index contributed by atoms with van der Waals surface area (Å²) in [4.78, 5) is 28.0. The van der Waals surface area contributed by atoms with Crippen LogP contribution in [0.5, 0.6) is 11.5 Å². The summed E-state index contributed by atoms with van der Waals surface area (Å²) < 4.78 is 10.9. The van der Waals surface area contributed by atoms with Crippen LogP contribution in [0.25, 0.3) is 11.1 Å². The molecule has 0 unspecified atom stereocenters. The molecule has 0 radical (unpaired) electrons. The van der Waals surface area contributed by atoms with E-state index in [0.29, 0.717) is 29.3 Å². The molecule has 0 saturated heterocycles. The van der Waals surface area contributed by atoms with Gasteiger partial charge in [-0.15, -0.1) is 0 Å². The van der Waals surface area contributed by atoms with Gasteiger partial charge in [-0.3, -0.25) is 9.59 Å². The highest BCUT2D eigenvalue weighted by Gasteiger charge is 2.50. The van der Waals surface area contributed by atoms with Crippen molar-refractivity contribution in [2.24, 2.45) is 0 Å². The van der Waals surface area contributed by atoms with E-state index in [9.17, 15) is 9.59 Å². The van der Waals surface area contributed by atoms with Crippen molar-refractivity contribution in [3.63, 3.8) is 0 Å². The van der Waals surface area contributed by atoms with Crippen molar-refractivity contribution >= 4 is 23.3 Å². The number of carbonyl (C=O) groups is 2. The fraction of sp³-hybridized carbons (Fsp3) is 0.333. The van der Waals surface area contributed by atoms with Crippen molar-refractivity contribution in [1.29, 1.82) is 0 Å². The molecule has 2 aliphatic rings. The first-order chi connectivity index (χ1) is 17.9. The van der Waals surface area contributed by atoms with Crippen LogP contribution in [-0.2, 0) is 16.6 Å². The van der Waals surface area contributed by atoms with Gasteiger partial charge in [-0.05, 0) is 93.0 Å². The third-order valence-electron chi connectivity index (χ3n) is 7.13. The minimum Gasteiger partial charge on any atom is -0.454 e. The third kappa shape index (κ3) is 5.50. The summed E-state index contributed by atoms with van der Waals surface area (Å²) in [6, 6.07) is 19.0. The normalized spacial score (nSPS) is 15.0. The summed E-state index contributed by atoms with van der Waals surface area (Å²) in [6.45, 7) is 1.78. The molecule has 1 aliphatic carbocycles. The van der Waals surface area contributed by atoms with E-state index in [-0.39, 0.29) is 19.9 Å². The second kappa shape index (κ2) is 10.6. The lowest BCUT2D eigenvalue weighted by atomic mass is 9.87. The molecule has 7 heteroatoms. The second-order valence-electron chi connectivity index (χ2n) is 10.1. The van der Waals surface area contributed by atoms with E-state index in [1.807, 2.05) is 74.8 Å². The Kier molecular flexibility index (Phi) is 7.22. The van der Waals surface area contributed by atoms with Crippen LogP contribution in [0.3, 0.4) is 0 Å². The SMILES string of the molecule is CN(C)CCCNC(=O)c1ccc(-c2cc(CC(=O)C3(c4ccc5c(c4)OCO5)CC3)ccc2Cl)cc1.[HH]. The Morgan fingerprint density at radius 1 is 1.00 bits per heavy atom. The van der Waals surface area contributed by atoms with Gasteiger partial charge in [-0.2, -0.15) is 0 Å². The van der Waals surface area contributed by atoms with Crippen LogP contribution in [-0.4, -0.2) is 50.6 Å². The summed E-state index contributed by atoms with van der Waals surface area (Å²) in [7, 11) is 4.03. The molecule has 1 fully saturated rings. The summed E-state index contributed by atoms with van der Waals surface area (Å²) in [5.74, 6) is 1.54. The first-order valence-electron chi connectivity index (χ1n) is 12.6. The fourth-order valence-electron chi connectivity index (χ4n) is 4.81. The Morgan fingerprint density at radius 3 is 2.49 bits per heavy atom. The van der Waals surface area contributed by atoms with Crippen molar-refractivity contribution in [1.82, 2.24) is 10.2 Å². The molecular formula is C30H33ClN2O4. The van der Waals surface area contributed by atoms with Crippen molar-refractivity contribution < 1.29 is 20.5 Å². The van der Waals surface area contributed by atoms with E-state index in [1.165, 1.54) is 0 Å². The molecule has 194 valence electrons. The van der Waals surface area contributed by atoms with Crippen LogP contribution in [0.1, 0.15) is 42.2 Å². The number of amides is 1. The van der Waals surface area contributed by atoms with Gasteiger partial charge in [0.15, 0.2) is 11.5 Å². The lowest BCUT2D eigenvalue weighted by molar-refractivity contribution is -0.120. The summed E-state index contributed by atoms with van der Waals surface area (Å²) >= 11 is 6.54. The van der Waals surface area contributed by atoms with Crippen LogP contribution in [0.2, 0.25) is 5.02 Å². The van der Waals surface area contributed by atoms with Crippen LogP contribution < -0.4 is 14.8 Å². The highest BCUT2D eigenvalue weighted by atomic mass is 35.5. The average Bonchev–Trinajstić information content (AvgIpc) is 3.58. The van der Waals surface area contributed by atoms with Gasteiger partial charge in [0, 0.05) is 30.5 Å². The zero-order valence-electron chi connectivity index (χ0n) is 21.2. The molecular weight excluding hydrogens is 488 g/mol. The molecule has 5 rings (SSSR count). The monoisotopic (exact) mass is 520 g/mol. The number of hydrogen-bond donors (Lipinski definition) is 1. The fourth-order valence-corrected chi connectivity index (χ4v) is 5.03. The minimum atomic E-state index is -0.456. The van der Waals surface area contributed by atoms with Crippen LogP contribution in [0.15, 0.2) is 60.7 Å². The van der Waals surface area contributed by atoms with Gasteiger partial charge in [0.05, 0.1) is 5.41 Å². The molecule has 0 bridgehead atoms. The maximum absolute atomic E-state index is 13.4. The molecule has 3 aromatic rings.